The van der Waals surface area contributed by atoms with Gasteiger partial charge in [-0.2, -0.15) is 0 Å². The summed E-state index contributed by atoms with van der Waals surface area (Å²) in [5.74, 6) is -0.103. The maximum atomic E-state index is 12.0. The van der Waals surface area contributed by atoms with Gasteiger partial charge in [-0.3, -0.25) is 4.79 Å². The van der Waals surface area contributed by atoms with Gasteiger partial charge in [0.2, 0.25) is 0 Å². The molecular weight excluding hydrogens is 272 g/mol. The van der Waals surface area contributed by atoms with E-state index in [1.165, 1.54) is 11.1 Å². The molecule has 22 heavy (non-hydrogen) atoms. The lowest BCUT2D eigenvalue weighted by atomic mass is 10.0. The molecule has 0 aromatic heterocycles. The number of carbonyl (C=O) groups excluding carboxylic acids is 1. The molecule has 120 valence electrons. The van der Waals surface area contributed by atoms with Crippen molar-refractivity contribution in [1.82, 2.24) is 10.2 Å². The molecule has 1 amide bonds. The third-order valence-electron chi connectivity index (χ3n) is 3.80. The second-order valence-electron chi connectivity index (χ2n) is 5.50. The summed E-state index contributed by atoms with van der Waals surface area (Å²) < 4.78 is 0. The molecular formula is C19H28N2O. The first-order valence-electron chi connectivity index (χ1n) is 7.92. The van der Waals surface area contributed by atoms with Crippen LogP contribution < -0.4 is 5.32 Å². The SMILES string of the molecule is C=C(/C=C\c1cc(C)ccc1C)C(=O)NCCN(CC)CC. The molecule has 0 atom stereocenters. The summed E-state index contributed by atoms with van der Waals surface area (Å²) in [5, 5.41) is 2.91. The monoisotopic (exact) mass is 300 g/mol. The zero-order valence-corrected chi connectivity index (χ0v) is 14.3. The van der Waals surface area contributed by atoms with Gasteiger partial charge in [-0.25, -0.2) is 0 Å². The molecule has 1 rings (SSSR count). The van der Waals surface area contributed by atoms with Crippen LogP contribution in [0, 0.1) is 13.8 Å². The lowest BCUT2D eigenvalue weighted by molar-refractivity contribution is -0.117. The lowest BCUT2D eigenvalue weighted by Crippen LogP contribution is -2.35. The first-order valence-corrected chi connectivity index (χ1v) is 7.92. The van der Waals surface area contributed by atoms with Crippen LogP contribution in [0.25, 0.3) is 6.08 Å². The molecule has 0 fully saturated rings. The van der Waals surface area contributed by atoms with Crippen LogP contribution in [0.3, 0.4) is 0 Å². The van der Waals surface area contributed by atoms with Crippen molar-refractivity contribution in [2.75, 3.05) is 26.2 Å². The summed E-state index contributed by atoms with van der Waals surface area (Å²) in [7, 11) is 0. The molecule has 0 aliphatic rings. The minimum Gasteiger partial charge on any atom is -0.351 e. The van der Waals surface area contributed by atoms with Gasteiger partial charge in [-0.15, -0.1) is 0 Å². The Balaban J connectivity index is 2.52. The summed E-state index contributed by atoms with van der Waals surface area (Å²) in [6, 6.07) is 6.28. The molecule has 1 aromatic carbocycles. The minimum atomic E-state index is -0.103. The van der Waals surface area contributed by atoms with E-state index in [1.807, 2.05) is 6.08 Å². The molecule has 0 radical (unpaired) electrons. The van der Waals surface area contributed by atoms with Crippen molar-refractivity contribution >= 4 is 12.0 Å². The molecule has 0 saturated carbocycles. The minimum absolute atomic E-state index is 0.103. The van der Waals surface area contributed by atoms with Crippen molar-refractivity contribution < 1.29 is 4.79 Å². The first kappa shape index (κ1) is 18.2. The van der Waals surface area contributed by atoms with Crippen molar-refractivity contribution in [2.24, 2.45) is 0 Å². The number of carbonyl (C=O) groups is 1. The Kier molecular flexibility index (Phi) is 7.61. The van der Waals surface area contributed by atoms with Gasteiger partial charge in [0.15, 0.2) is 0 Å². The standard InChI is InChI=1S/C19H28N2O/c1-6-21(7-2)13-12-20-19(22)17(5)10-11-18-14-15(3)8-9-16(18)4/h8-11,14H,5-7,12-13H2,1-4H3,(H,20,22)/b11-10-. The number of hydrogen-bond acceptors (Lipinski definition) is 2. The number of hydrogen-bond donors (Lipinski definition) is 1. The summed E-state index contributed by atoms with van der Waals surface area (Å²) >= 11 is 0. The third kappa shape index (κ3) is 5.86. The fourth-order valence-electron chi connectivity index (χ4n) is 2.19. The summed E-state index contributed by atoms with van der Waals surface area (Å²) in [6.45, 7) is 15.7. The average molecular weight is 300 g/mol. The van der Waals surface area contributed by atoms with Crippen LogP contribution in [-0.2, 0) is 4.79 Å². The molecule has 0 saturated heterocycles. The molecule has 3 heteroatoms. The van der Waals surface area contributed by atoms with Crippen LogP contribution in [0.15, 0.2) is 36.4 Å². The van der Waals surface area contributed by atoms with E-state index in [9.17, 15) is 4.79 Å². The molecule has 1 aromatic rings. The van der Waals surface area contributed by atoms with Gasteiger partial charge in [-0.1, -0.05) is 50.3 Å². The van der Waals surface area contributed by atoms with E-state index >= 15 is 0 Å². The number of nitrogens with one attached hydrogen (secondary N) is 1. The highest BCUT2D eigenvalue weighted by Crippen LogP contribution is 2.13. The molecule has 0 aliphatic heterocycles. The van der Waals surface area contributed by atoms with E-state index in [-0.39, 0.29) is 5.91 Å². The fourth-order valence-corrected chi connectivity index (χ4v) is 2.19. The predicted octanol–water partition coefficient (Wildman–Crippen LogP) is 3.33. The largest absolute Gasteiger partial charge is 0.351 e. The smallest absolute Gasteiger partial charge is 0.250 e. The van der Waals surface area contributed by atoms with Crippen molar-refractivity contribution in [3.05, 3.63) is 53.1 Å². The Labute approximate surface area is 134 Å². The van der Waals surface area contributed by atoms with Crippen LogP contribution in [0.5, 0.6) is 0 Å². The Hall–Kier alpha value is -1.87. The third-order valence-corrected chi connectivity index (χ3v) is 3.80. The maximum Gasteiger partial charge on any atom is 0.250 e. The van der Waals surface area contributed by atoms with Crippen LogP contribution in [0.2, 0.25) is 0 Å². The number of benzene rings is 1. The molecule has 1 N–H and O–H groups in total. The van der Waals surface area contributed by atoms with Gasteiger partial charge in [0.05, 0.1) is 0 Å². The number of aryl methyl sites for hydroxylation is 2. The van der Waals surface area contributed by atoms with Gasteiger partial charge in [0, 0.05) is 18.7 Å². The van der Waals surface area contributed by atoms with Crippen molar-refractivity contribution in [2.45, 2.75) is 27.7 Å². The highest BCUT2D eigenvalue weighted by Gasteiger charge is 2.05. The quantitative estimate of drug-likeness (QED) is 0.590. The van der Waals surface area contributed by atoms with Crippen LogP contribution in [0.4, 0.5) is 0 Å². The van der Waals surface area contributed by atoms with Crippen LogP contribution >= 0.6 is 0 Å². The van der Waals surface area contributed by atoms with E-state index in [0.717, 1.165) is 25.2 Å². The molecule has 0 aliphatic carbocycles. The molecule has 0 heterocycles. The highest BCUT2D eigenvalue weighted by molar-refractivity contribution is 5.96. The number of rotatable bonds is 8. The summed E-state index contributed by atoms with van der Waals surface area (Å²) in [6.07, 6.45) is 3.74. The van der Waals surface area contributed by atoms with E-state index in [2.05, 4.69) is 62.7 Å². The molecule has 3 nitrogen and oxygen atoms in total. The Morgan fingerprint density at radius 2 is 1.95 bits per heavy atom. The maximum absolute atomic E-state index is 12.0. The normalized spacial score (nSPS) is 11.1. The van der Waals surface area contributed by atoms with Crippen LogP contribution in [0.1, 0.15) is 30.5 Å². The van der Waals surface area contributed by atoms with Gasteiger partial charge >= 0.3 is 0 Å². The van der Waals surface area contributed by atoms with Crippen molar-refractivity contribution in [3.8, 4) is 0 Å². The molecule has 0 bridgehead atoms. The highest BCUT2D eigenvalue weighted by atomic mass is 16.1. The Morgan fingerprint density at radius 3 is 2.59 bits per heavy atom. The Morgan fingerprint density at radius 1 is 1.27 bits per heavy atom. The number of nitrogens with zero attached hydrogens (tertiary/aromatic N) is 1. The van der Waals surface area contributed by atoms with E-state index in [0.29, 0.717) is 12.1 Å². The summed E-state index contributed by atoms with van der Waals surface area (Å²) in [4.78, 5) is 14.3. The Bertz CT molecular complexity index is 542. The number of amides is 1. The van der Waals surface area contributed by atoms with Gasteiger partial charge in [0.25, 0.3) is 5.91 Å². The molecule has 0 unspecified atom stereocenters. The summed E-state index contributed by atoms with van der Waals surface area (Å²) in [5.41, 5.74) is 4.01. The fraction of sp³-hybridized carbons (Fsp3) is 0.421. The van der Waals surface area contributed by atoms with Crippen molar-refractivity contribution in [3.63, 3.8) is 0 Å². The van der Waals surface area contributed by atoms with Gasteiger partial charge in [0.1, 0.15) is 0 Å². The zero-order valence-electron chi connectivity index (χ0n) is 14.3. The zero-order chi connectivity index (χ0) is 16.5. The predicted molar refractivity (Wildman–Crippen MR) is 94.9 cm³/mol. The lowest BCUT2D eigenvalue weighted by Gasteiger charge is -2.17. The second-order valence-corrected chi connectivity index (χ2v) is 5.50. The van der Waals surface area contributed by atoms with E-state index in [4.69, 9.17) is 0 Å². The first-order chi connectivity index (χ1) is 10.5. The average Bonchev–Trinajstić information content (AvgIpc) is 2.51. The topological polar surface area (TPSA) is 32.3 Å². The van der Waals surface area contributed by atoms with Crippen molar-refractivity contribution in [1.29, 1.82) is 0 Å². The van der Waals surface area contributed by atoms with Gasteiger partial charge < -0.3 is 10.2 Å². The van der Waals surface area contributed by atoms with E-state index in [1.54, 1.807) is 6.08 Å². The second kappa shape index (κ2) is 9.21. The molecule has 0 spiro atoms. The number of likely N-dealkylation sites (N-methyl/N-ethyl adjacent to an activating group) is 1. The van der Waals surface area contributed by atoms with Crippen LogP contribution in [-0.4, -0.2) is 37.0 Å². The van der Waals surface area contributed by atoms with Gasteiger partial charge in [-0.05, 0) is 44.1 Å². The van der Waals surface area contributed by atoms with E-state index < -0.39 is 0 Å².